The highest BCUT2D eigenvalue weighted by Crippen LogP contribution is 2.09. The molecule has 0 aromatic carbocycles. The van der Waals surface area contributed by atoms with E-state index in [9.17, 15) is 22.8 Å². The van der Waals surface area contributed by atoms with Gasteiger partial charge in [-0.15, -0.1) is 0 Å². The van der Waals surface area contributed by atoms with E-state index >= 15 is 0 Å². The number of furan rings is 1. The van der Waals surface area contributed by atoms with Crippen LogP contribution in [-0.2, 0) is 16.0 Å². The Morgan fingerprint density at radius 2 is 2.00 bits per heavy atom. The monoisotopic (exact) mass is 220 g/mol. The van der Waals surface area contributed by atoms with Gasteiger partial charge in [-0.1, -0.05) is 0 Å². The first kappa shape index (κ1) is 11.5. The van der Waals surface area contributed by atoms with Gasteiger partial charge in [-0.25, -0.2) is 13.2 Å². The average Bonchev–Trinajstić information content (AvgIpc) is 2.67. The van der Waals surface area contributed by atoms with Crippen molar-refractivity contribution in [2.75, 3.05) is 0 Å². The average molecular weight is 220 g/mol. The normalized spacial score (nSPS) is 12.8. The molecule has 0 aliphatic carbocycles. The minimum atomic E-state index is -3.47. The van der Waals surface area contributed by atoms with Crippen molar-refractivity contribution in [3.05, 3.63) is 24.2 Å². The summed E-state index contributed by atoms with van der Waals surface area (Å²) in [7, 11) is 0. The predicted octanol–water partition coefficient (Wildman–Crippen LogP) is 1.56. The third kappa shape index (κ3) is 2.93. The maximum Gasteiger partial charge on any atom is 0.299 e. The van der Waals surface area contributed by atoms with Gasteiger partial charge in [-0.3, -0.25) is 9.59 Å². The molecule has 0 saturated heterocycles. The van der Waals surface area contributed by atoms with E-state index in [1.54, 1.807) is 0 Å². The van der Waals surface area contributed by atoms with E-state index in [1.165, 1.54) is 18.4 Å². The Morgan fingerprint density at radius 3 is 2.47 bits per heavy atom. The molecule has 82 valence electrons. The van der Waals surface area contributed by atoms with Gasteiger partial charge in [-0.2, -0.15) is 0 Å². The number of Topliss-reactive ketones (excluding diaryl/α,β-unsaturated/α-hetero) is 2. The summed E-state index contributed by atoms with van der Waals surface area (Å²) in [6, 6.07) is 2.85. The zero-order valence-corrected chi connectivity index (χ0v) is 7.45. The number of rotatable bonds is 5. The molecule has 0 aliphatic rings. The fraction of sp³-hybridized carbons (Fsp3) is 0.333. The SMILES string of the molecule is O=C(Cc1ccco1)C(F)C(=O)C(F)F. The molecule has 15 heavy (non-hydrogen) atoms. The highest BCUT2D eigenvalue weighted by Gasteiger charge is 2.32. The van der Waals surface area contributed by atoms with E-state index in [0.29, 0.717) is 0 Å². The molecular formula is C9H7F3O3. The summed E-state index contributed by atoms with van der Waals surface area (Å²) in [5.74, 6) is -3.11. The molecule has 0 amide bonds. The van der Waals surface area contributed by atoms with E-state index in [0.717, 1.165) is 0 Å². The Kier molecular flexibility index (Phi) is 3.65. The quantitative estimate of drug-likeness (QED) is 0.707. The lowest BCUT2D eigenvalue weighted by molar-refractivity contribution is -0.141. The van der Waals surface area contributed by atoms with Crippen molar-refractivity contribution < 1.29 is 27.2 Å². The van der Waals surface area contributed by atoms with Gasteiger partial charge < -0.3 is 4.42 Å². The molecule has 0 radical (unpaired) electrons. The molecule has 1 atom stereocenters. The van der Waals surface area contributed by atoms with E-state index in [4.69, 9.17) is 4.42 Å². The summed E-state index contributed by atoms with van der Waals surface area (Å²) >= 11 is 0. The summed E-state index contributed by atoms with van der Waals surface area (Å²) in [6.07, 6.45) is -5.51. The van der Waals surface area contributed by atoms with E-state index in [1.807, 2.05) is 0 Å². The van der Waals surface area contributed by atoms with Crippen LogP contribution in [0.2, 0.25) is 0 Å². The second-order valence-corrected chi connectivity index (χ2v) is 2.79. The standard InChI is InChI=1S/C9H7F3O3/c10-7(8(14)9(11)12)6(13)4-5-2-1-3-15-5/h1-3,7,9H,4H2. The van der Waals surface area contributed by atoms with Crippen LogP contribution in [0, 0.1) is 0 Å². The van der Waals surface area contributed by atoms with Gasteiger partial charge >= 0.3 is 0 Å². The Labute approximate surface area is 82.9 Å². The molecule has 0 aliphatic heterocycles. The molecule has 0 bridgehead atoms. The second-order valence-electron chi connectivity index (χ2n) is 2.79. The van der Waals surface area contributed by atoms with Crippen LogP contribution in [0.1, 0.15) is 5.76 Å². The lowest BCUT2D eigenvalue weighted by Gasteiger charge is -2.03. The predicted molar refractivity (Wildman–Crippen MR) is 43.3 cm³/mol. The van der Waals surface area contributed by atoms with Gasteiger partial charge in [0.1, 0.15) is 5.76 Å². The van der Waals surface area contributed by atoms with Crippen LogP contribution in [0.15, 0.2) is 22.8 Å². The van der Waals surface area contributed by atoms with Crippen LogP contribution in [0.3, 0.4) is 0 Å². The third-order valence-electron chi connectivity index (χ3n) is 1.68. The largest absolute Gasteiger partial charge is 0.469 e. The summed E-state index contributed by atoms with van der Waals surface area (Å²) < 4.78 is 41.0. The molecule has 6 heteroatoms. The fourth-order valence-corrected chi connectivity index (χ4v) is 0.944. The van der Waals surface area contributed by atoms with Crippen molar-refractivity contribution in [3.63, 3.8) is 0 Å². The van der Waals surface area contributed by atoms with Crippen molar-refractivity contribution >= 4 is 11.6 Å². The summed E-state index contributed by atoms with van der Waals surface area (Å²) in [5.41, 5.74) is 0. The zero-order valence-electron chi connectivity index (χ0n) is 7.45. The first-order valence-electron chi connectivity index (χ1n) is 4.03. The van der Waals surface area contributed by atoms with Crippen molar-refractivity contribution in [2.24, 2.45) is 0 Å². The van der Waals surface area contributed by atoms with Crippen molar-refractivity contribution in [3.8, 4) is 0 Å². The van der Waals surface area contributed by atoms with Gasteiger partial charge in [0, 0.05) is 0 Å². The number of carbonyl (C=O) groups is 2. The maximum absolute atomic E-state index is 12.8. The second kappa shape index (κ2) is 4.77. The minimum Gasteiger partial charge on any atom is -0.469 e. The molecular weight excluding hydrogens is 213 g/mol. The summed E-state index contributed by atoms with van der Waals surface area (Å²) in [6.45, 7) is 0. The first-order chi connectivity index (χ1) is 7.02. The van der Waals surface area contributed by atoms with Crippen LogP contribution in [0.4, 0.5) is 13.2 Å². The van der Waals surface area contributed by atoms with Crippen LogP contribution in [0.5, 0.6) is 0 Å². The van der Waals surface area contributed by atoms with Crippen LogP contribution in [-0.4, -0.2) is 24.2 Å². The number of ketones is 2. The highest BCUT2D eigenvalue weighted by atomic mass is 19.3. The van der Waals surface area contributed by atoms with Gasteiger partial charge in [0.2, 0.25) is 12.0 Å². The van der Waals surface area contributed by atoms with E-state index in [2.05, 4.69) is 0 Å². The van der Waals surface area contributed by atoms with Crippen LogP contribution in [0.25, 0.3) is 0 Å². The Hall–Kier alpha value is -1.59. The first-order valence-corrected chi connectivity index (χ1v) is 4.03. The molecule has 0 N–H and O–H groups in total. The lowest BCUT2D eigenvalue weighted by atomic mass is 10.1. The number of hydrogen-bond donors (Lipinski definition) is 0. The van der Waals surface area contributed by atoms with Crippen LogP contribution >= 0.6 is 0 Å². The molecule has 3 nitrogen and oxygen atoms in total. The fourth-order valence-electron chi connectivity index (χ4n) is 0.944. The third-order valence-corrected chi connectivity index (χ3v) is 1.68. The number of halogens is 3. The zero-order chi connectivity index (χ0) is 11.4. The number of alkyl halides is 3. The van der Waals surface area contributed by atoms with Gasteiger partial charge in [0.25, 0.3) is 6.43 Å². The van der Waals surface area contributed by atoms with Crippen molar-refractivity contribution in [2.45, 2.75) is 19.0 Å². The Morgan fingerprint density at radius 1 is 1.33 bits per heavy atom. The Bertz CT molecular complexity index is 345. The van der Waals surface area contributed by atoms with Crippen molar-refractivity contribution in [1.29, 1.82) is 0 Å². The van der Waals surface area contributed by atoms with E-state index < -0.39 is 30.6 Å². The Balaban J connectivity index is 2.58. The number of carbonyl (C=O) groups excluding carboxylic acids is 2. The van der Waals surface area contributed by atoms with Gasteiger partial charge in [0.05, 0.1) is 12.7 Å². The highest BCUT2D eigenvalue weighted by molar-refractivity contribution is 6.06. The molecule has 1 unspecified atom stereocenters. The van der Waals surface area contributed by atoms with Gasteiger partial charge in [0.15, 0.2) is 5.78 Å². The smallest absolute Gasteiger partial charge is 0.299 e. The van der Waals surface area contributed by atoms with Crippen LogP contribution < -0.4 is 0 Å². The lowest BCUT2D eigenvalue weighted by Crippen LogP contribution is -2.31. The molecule has 1 aromatic rings. The topological polar surface area (TPSA) is 47.3 Å². The van der Waals surface area contributed by atoms with Gasteiger partial charge in [-0.05, 0) is 12.1 Å². The van der Waals surface area contributed by atoms with Crippen molar-refractivity contribution in [1.82, 2.24) is 0 Å². The molecule has 0 spiro atoms. The molecule has 0 fully saturated rings. The maximum atomic E-state index is 12.8. The molecule has 1 aromatic heterocycles. The molecule has 0 saturated carbocycles. The summed E-state index contributed by atoms with van der Waals surface area (Å²) in [5, 5.41) is 0. The summed E-state index contributed by atoms with van der Waals surface area (Å²) in [4.78, 5) is 21.4. The molecule has 1 heterocycles. The molecule has 1 rings (SSSR count). The minimum absolute atomic E-state index is 0.129. The van der Waals surface area contributed by atoms with E-state index in [-0.39, 0.29) is 5.76 Å². The number of hydrogen-bond acceptors (Lipinski definition) is 3.